The summed E-state index contributed by atoms with van der Waals surface area (Å²) in [5.41, 5.74) is 6.07. The lowest BCUT2D eigenvalue weighted by Gasteiger charge is -2.11. The number of benzene rings is 1. The van der Waals surface area contributed by atoms with E-state index >= 15 is 0 Å². The molecule has 0 fully saturated rings. The van der Waals surface area contributed by atoms with Crippen LogP contribution in [-0.2, 0) is 0 Å². The summed E-state index contributed by atoms with van der Waals surface area (Å²) in [6, 6.07) is 5.12. The molecule has 3 nitrogen and oxygen atoms in total. The molecule has 0 heterocycles. The van der Waals surface area contributed by atoms with Crippen LogP contribution in [0.2, 0.25) is 5.02 Å². The summed E-state index contributed by atoms with van der Waals surface area (Å²) in [5, 5.41) is 8.04. The molecule has 94 valence electrons. The second kappa shape index (κ2) is 6.50. The van der Waals surface area contributed by atoms with Crippen molar-refractivity contribution in [3.63, 3.8) is 0 Å². The average molecular weight is 255 g/mol. The number of hydrogen-bond donors (Lipinski definition) is 2. The first-order valence-corrected chi connectivity index (χ1v) is 6.15. The summed E-state index contributed by atoms with van der Waals surface area (Å²) < 4.78 is 5.62. The van der Waals surface area contributed by atoms with E-state index in [1.54, 1.807) is 18.2 Å². The highest BCUT2D eigenvalue weighted by atomic mass is 35.5. The standard InChI is InChI=1S/C13H19ClN2O/c1-9(2)4-3-7-17-12-8-10(14)5-6-11(12)13(15)16/h5-6,8-9H,3-4,7H2,1-2H3,(H3,15,16). The van der Waals surface area contributed by atoms with Gasteiger partial charge in [0, 0.05) is 5.02 Å². The first-order valence-electron chi connectivity index (χ1n) is 5.77. The molecule has 17 heavy (non-hydrogen) atoms. The minimum absolute atomic E-state index is 0.000487. The molecule has 0 aromatic heterocycles. The van der Waals surface area contributed by atoms with Crippen LogP contribution in [0.25, 0.3) is 0 Å². The third-order valence-corrected chi connectivity index (χ3v) is 2.65. The molecule has 0 saturated heterocycles. The molecule has 1 rings (SSSR count). The Bertz CT molecular complexity index is 391. The summed E-state index contributed by atoms with van der Waals surface area (Å²) >= 11 is 5.89. The Morgan fingerprint density at radius 1 is 1.47 bits per heavy atom. The van der Waals surface area contributed by atoms with Crippen molar-refractivity contribution in [2.45, 2.75) is 26.7 Å². The van der Waals surface area contributed by atoms with Gasteiger partial charge in [-0.05, 0) is 37.0 Å². The van der Waals surface area contributed by atoms with Gasteiger partial charge in [0.2, 0.25) is 0 Å². The number of rotatable bonds is 6. The lowest BCUT2D eigenvalue weighted by molar-refractivity contribution is 0.297. The van der Waals surface area contributed by atoms with Crippen LogP contribution >= 0.6 is 11.6 Å². The predicted octanol–water partition coefficient (Wildman–Crippen LogP) is 3.44. The normalized spacial score (nSPS) is 10.6. The summed E-state index contributed by atoms with van der Waals surface area (Å²) in [4.78, 5) is 0. The number of amidine groups is 1. The van der Waals surface area contributed by atoms with Crippen LogP contribution in [0.4, 0.5) is 0 Å². The van der Waals surface area contributed by atoms with E-state index in [-0.39, 0.29) is 5.84 Å². The van der Waals surface area contributed by atoms with E-state index in [4.69, 9.17) is 27.5 Å². The zero-order valence-corrected chi connectivity index (χ0v) is 11.1. The van der Waals surface area contributed by atoms with Gasteiger partial charge in [-0.2, -0.15) is 0 Å². The van der Waals surface area contributed by atoms with Gasteiger partial charge < -0.3 is 10.5 Å². The van der Waals surface area contributed by atoms with Gasteiger partial charge in [-0.3, -0.25) is 5.41 Å². The summed E-state index contributed by atoms with van der Waals surface area (Å²) in [6.07, 6.45) is 2.11. The van der Waals surface area contributed by atoms with E-state index in [1.165, 1.54) is 0 Å². The summed E-state index contributed by atoms with van der Waals surface area (Å²) in [6.45, 7) is 4.99. The third kappa shape index (κ3) is 4.65. The Hall–Kier alpha value is -1.22. The fourth-order valence-electron chi connectivity index (χ4n) is 1.51. The van der Waals surface area contributed by atoms with Crippen LogP contribution in [0.5, 0.6) is 5.75 Å². The van der Waals surface area contributed by atoms with Crippen molar-refractivity contribution in [1.29, 1.82) is 5.41 Å². The Labute approximate surface area is 107 Å². The molecular formula is C13H19ClN2O. The molecule has 0 bridgehead atoms. The maximum absolute atomic E-state index is 7.45. The number of nitrogen functional groups attached to an aromatic ring is 1. The molecule has 0 saturated carbocycles. The van der Waals surface area contributed by atoms with Gasteiger partial charge in [0.25, 0.3) is 0 Å². The van der Waals surface area contributed by atoms with Crippen molar-refractivity contribution in [3.05, 3.63) is 28.8 Å². The topological polar surface area (TPSA) is 59.1 Å². The quantitative estimate of drug-likeness (QED) is 0.464. The molecule has 0 spiro atoms. The van der Waals surface area contributed by atoms with Crippen LogP contribution in [-0.4, -0.2) is 12.4 Å². The van der Waals surface area contributed by atoms with Crippen molar-refractivity contribution in [2.75, 3.05) is 6.61 Å². The van der Waals surface area contributed by atoms with Gasteiger partial charge >= 0.3 is 0 Å². The predicted molar refractivity (Wildman–Crippen MR) is 72.0 cm³/mol. The van der Waals surface area contributed by atoms with Gasteiger partial charge in [-0.1, -0.05) is 25.4 Å². The van der Waals surface area contributed by atoms with E-state index in [9.17, 15) is 0 Å². The van der Waals surface area contributed by atoms with Crippen molar-refractivity contribution in [2.24, 2.45) is 11.7 Å². The van der Waals surface area contributed by atoms with E-state index in [0.717, 1.165) is 12.8 Å². The molecule has 0 unspecified atom stereocenters. The van der Waals surface area contributed by atoms with Gasteiger partial charge in [-0.15, -0.1) is 0 Å². The Morgan fingerprint density at radius 2 is 2.18 bits per heavy atom. The molecule has 1 aromatic rings. The van der Waals surface area contributed by atoms with E-state index in [1.807, 2.05) is 0 Å². The highest BCUT2D eigenvalue weighted by molar-refractivity contribution is 6.30. The maximum atomic E-state index is 7.45. The van der Waals surface area contributed by atoms with Crippen molar-refractivity contribution < 1.29 is 4.74 Å². The van der Waals surface area contributed by atoms with E-state index in [2.05, 4.69) is 13.8 Å². The molecule has 0 atom stereocenters. The monoisotopic (exact) mass is 254 g/mol. The molecule has 4 heteroatoms. The number of ether oxygens (including phenoxy) is 1. The minimum Gasteiger partial charge on any atom is -0.493 e. The first-order chi connectivity index (χ1) is 8.00. The van der Waals surface area contributed by atoms with Gasteiger partial charge in [-0.25, -0.2) is 0 Å². The number of nitrogens with one attached hydrogen (secondary N) is 1. The van der Waals surface area contributed by atoms with Crippen molar-refractivity contribution in [3.8, 4) is 5.75 Å². The first kappa shape index (κ1) is 13.8. The van der Waals surface area contributed by atoms with E-state index in [0.29, 0.717) is 28.9 Å². The minimum atomic E-state index is 0.000487. The lowest BCUT2D eigenvalue weighted by atomic mass is 10.1. The molecule has 0 aliphatic heterocycles. The van der Waals surface area contributed by atoms with Crippen LogP contribution in [0, 0.1) is 11.3 Å². The Balaban J connectivity index is 2.62. The summed E-state index contributed by atoms with van der Waals surface area (Å²) in [5.74, 6) is 1.26. The van der Waals surface area contributed by atoms with Crippen LogP contribution in [0.15, 0.2) is 18.2 Å². The highest BCUT2D eigenvalue weighted by Gasteiger charge is 2.07. The molecular weight excluding hydrogens is 236 g/mol. The zero-order chi connectivity index (χ0) is 12.8. The summed E-state index contributed by atoms with van der Waals surface area (Å²) in [7, 11) is 0. The largest absolute Gasteiger partial charge is 0.493 e. The second-order valence-electron chi connectivity index (χ2n) is 4.44. The Kier molecular flexibility index (Phi) is 5.29. The molecule has 1 aromatic carbocycles. The average Bonchev–Trinajstić information content (AvgIpc) is 2.23. The molecule has 0 radical (unpaired) electrons. The second-order valence-corrected chi connectivity index (χ2v) is 4.88. The lowest BCUT2D eigenvalue weighted by Crippen LogP contribution is -2.13. The number of nitrogens with two attached hydrogens (primary N) is 1. The number of hydrogen-bond acceptors (Lipinski definition) is 2. The third-order valence-electron chi connectivity index (χ3n) is 2.42. The van der Waals surface area contributed by atoms with Crippen molar-refractivity contribution >= 4 is 17.4 Å². The van der Waals surface area contributed by atoms with Gasteiger partial charge in [0.1, 0.15) is 11.6 Å². The molecule has 0 aliphatic carbocycles. The fourth-order valence-corrected chi connectivity index (χ4v) is 1.67. The van der Waals surface area contributed by atoms with Crippen LogP contribution in [0.1, 0.15) is 32.3 Å². The highest BCUT2D eigenvalue weighted by Crippen LogP contribution is 2.23. The maximum Gasteiger partial charge on any atom is 0.131 e. The van der Waals surface area contributed by atoms with Crippen LogP contribution < -0.4 is 10.5 Å². The Morgan fingerprint density at radius 3 is 2.76 bits per heavy atom. The molecule has 3 N–H and O–H groups in total. The smallest absolute Gasteiger partial charge is 0.131 e. The SMILES string of the molecule is CC(C)CCCOc1cc(Cl)ccc1C(=N)N. The van der Waals surface area contributed by atoms with Crippen molar-refractivity contribution in [1.82, 2.24) is 0 Å². The van der Waals surface area contributed by atoms with E-state index < -0.39 is 0 Å². The number of halogens is 1. The van der Waals surface area contributed by atoms with Crippen LogP contribution in [0.3, 0.4) is 0 Å². The fraction of sp³-hybridized carbons (Fsp3) is 0.462. The molecule has 0 aliphatic rings. The van der Waals surface area contributed by atoms with Gasteiger partial charge in [0.15, 0.2) is 0 Å². The zero-order valence-electron chi connectivity index (χ0n) is 10.3. The molecule has 0 amide bonds. The van der Waals surface area contributed by atoms with Gasteiger partial charge in [0.05, 0.1) is 12.2 Å².